The minimum atomic E-state index is -0.577. The molecule has 4 rings (SSSR count). The van der Waals surface area contributed by atoms with Crippen molar-refractivity contribution in [1.29, 1.82) is 0 Å². The van der Waals surface area contributed by atoms with Gasteiger partial charge in [-0.15, -0.1) is 0 Å². The smallest absolute Gasteiger partial charge is 0.122 e. The van der Waals surface area contributed by atoms with Crippen LogP contribution in [0.15, 0.2) is 42.5 Å². The van der Waals surface area contributed by atoms with Gasteiger partial charge in [-0.1, -0.05) is 30.7 Å². The molecule has 0 aliphatic heterocycles. The normalized spacial score (nSPS) is 15.8. The van der Waals surface area contributed by atoms with E-state index in [9.17, 15) is 5.11 Å². The Balaban J connectivity index is 1.52. The maximum absolute atomic E-state index is 10.6. The number of hydrogen-bond donors (Lipinski definition) is 1. The number of hydrogen-bond acceptors (Lipinski definition) is 3. The van der Waals surface area contributed by atoms with Gasteiger partial charge in [0.25, 0.3) is 0 Å². The van der Waals surface area contributed by atoms with Crippen LogP contribution < -0.4 is 4.74 Å². The summed E-state index contributed by atoms with van der Waals surface area (Å²) in [6.07, 6.45) is 3.08. The van der Waals surface area contributed by atoms with Crippen LogP contribution in [0.4, 0.5) is 0 Å². The molecule has 1 heterocycles. The third kappa shape index (κ3) is 3.34. The Morgan fingerprint density at radius 2 is 2.00 bits per heavy atom. The molecule has 1 aromatic heterocycles. The van der Waals surface area contributed by atoms with E-state index in [2.05, 4.69) is 22.8 Å². The van der Waals surface area contributed by atoms with Crippen molar-refractivity contribution in [3.8, 4) is 5.75 Å². The standard InChI is InChI=1S/C22H26N2O2/c1-15-10-11-16(2)21(12-15)26-14-18(25)13-24-20-9-4-3-8-19(20)23-22(24)17-6-5-7-17/h3-4,8-12,17-18,25H,5-7,13-14H2,1-2H3. The molecule has 4 nitrogen and oxygen atoms in total. The molecule has 136 valence electrons. The van der Waals surface area contributed by atoms with E-state index in [4.69, 9.17) is 9.72 Å². The molecule has 1 aliphatic carbocycles. The van der Waals surface area contributed by atoms with Crippen LogP contribution in [0.2, 0.25) is 0 Å². The van der Waals surface area contributed by atoms with E-state index in [1.165, 1.54) is 19.3 Å². The Morgan fingerprint density at radius 3 is 2.77 bits per heavy atom. The number of ether oxygens (including phenoxy) is 1. The van der Waals surface area contributed by atoms with Gasteiger partial charge in [0, 0.05) is 5.92 Å². The van der Waals surface area contributed by atoms with Gasteiger partial charge in [-0.3, -0.25) is 0 Å². The number of nitrogens with zero attached hydrogens (tertiary/aromatic N) is 2. The molecule has 3 aromatic rings. The molecule has 1 fully saturated rings. The molecule has 1 saturated carbocycles. The van der Waals surface area contributed by atoms with Crippen molar-refractivity contribution in [2.45, 2.75) is 51.7 Å². The highest BCUT2D eigenvalue weighted by atomic mass is 16.5. The SMILES string of the molecule is Cc1ccc(C)c(OCC(O)Cn2c(C3CCC3)nc3ccccc32)c1. The number of benzene rings is 2. The molecule has 0 spiro atoms. The Hall–Kier alpha value is -2.33. The highest BCUT2D eigenvalue weighted by Gasteiger charge is 2.26. The minimum absolute atomic E-state index is 0.279. The first-order valence-electron chi connectivity index (χ1n) is 9.45. The maximum Gasteiger partial charge on any atom is 0.122 e. The van der Waals surface area contributed by atoms with Gasteiger partial charge in [0.05, 0.1) is 17.6 Å². The average molecular weight is 350 g/mol. The van der Waals surface area contributed by atoms with E-state index in [0.29, 0.717) is 12.5 Å². The van der Waals surface area contributed by atoms with E-state index < -0.39 is 6.10 Å². The second kappa shape index (κ2) is 7.12. The van der Waals surface area contributed by atoms with E-state index >= 15 is 0 Å². The van der Waals surface area contributed by atoms with E-state index in [1.807, 2.05) is 38.1 Å². The topological polar surface area (TPSA) is 47.3 Å². The van der Waals surface area contributed by atoms with E-state index in [-0.39, 0.29) is 6.61 Å². The molecule has 26 heavy (non-hydrogen) atoms. The van der Waals surface area contributed by atoms with Gasteiger partial charge < -0.3 is 14.4 Å². The maximum atomic E-state index is 10.6. The number of fused-ring (bicyclic) bond motifs is 1. The fourth-order valence-electron chi connectivity index (χ4n) is 3.58. The van der Waals surface area contributed by atoms with Crippen molar-refractivity contribution in [2.24, 2.45) is 0 Å². The number of aliphatic hydroxyl groups excluding tert-OH is 1. The summed E-state index contributed by atoms with van der Waals surface area (Å²) in [7, 11) is 0. The summed E-state index contributed by atoms with van der Waals surface area (Å²) < 4.78 is 8.09. The van der Waals surface area contributed by atoms with E-state index in [0.717, 1.165) is 33.7 Å². The van der Waals surface area contributed by atoms with Crippen LogP contribution in [0.5, 0.6) is 5.75 Å². The van der Waals surface area contributed by atoms with Crippen molar-refractivity contribution in [3.05, 3.63) is 59.4 Å². The lowest BCUT2D eigenvalue weighted by atomic mass is 9.85. The number of rotatable bonds is 6. The zero-order chi connectivity index (χ0) is 18.1. The number of imidazole rings is 1. The largest absolute Gasteiger partial charge is 0.491 e. The first kappa shape index (κ1) is 17.1. The first-order valence-corrected chi connectivity index (χ1v) is 9.45. The molecule has 0 amide bonds. The summed E-state index contributed by atoms with van der Waals surface area (Å²) in [5.74, 6) is 2.48. The lowest BCUT2D eigenvalue weighted by molar-refractivity contribution is 0.0916. The van der Waals surface area contributed by atoms with Gasteiger partial charge in [-0.25, -0.2) is 4.98 Å². The molecular weight excluding hydrogens is 324 g/mol. The van der Waals surface area contributed by atoms with Crippen molar-refractivity contribution in [2.75, 3.05) is 6.61 Å². The van der Waals surface area contributed by atoms with Crippen LogP contribution in [-0.4, -0.2) is 27.4 Å². The van der Waals surface area contributed by atoms with Crippen LogP contribution in [0, 0.1) is 13.8 Å². The molecule has 0 saturated heterocycles. The Morgan fingerprint density at radius 1 is 1.19 bits per heavy atom. The Bertz CT molecular complexity index is 912. The average Bonchev–Trinajstić information content (AvgIpc) is 2.92. The molecule has 4 heteroatoms. The van der Waals surface area contributed by atoms with Crippen LogP contribution in [0.1, 0.15) is 42.1 Å². The molecule has 0 radical (unpaired) electrons. The summed E-state index contributed by atoms with van der Waals surface area (Å²) in [6.45, 7) is 4.86. The molecule has 2 aromatic carbocycles. The Kier molecular flexibility index (Phi) is 4.68. The van der Waals surface area contributed by atoms with Crippen LogP contribution in [0.25, 0.3) is 11.0 Å². The van der Waals surface area contributed by atoms with Crippen molar-refractivity contribution < 1.29 is 9.84 Å². The second-order valence-electron chi connectivity index (χ2n) is 7.43. The zero-order valence-corrected chi connectivity index (χ0v) is 15.5. The summed E-state index contributed by atoms with van der Waals surface area (Å²) >= 11 is 0. The summed E-state index contributed by atoms with van der Waals surface area (Å²) in [5, 5.41) is 10.6. The number of aryl methyl sites for hydroxylation is 2. The van der Waals surface area contributed by atoms with Gasteiger partial charge in [-0.2, -0.15) is 0 Å². The van der Waals surface area contributed by atoms with Crippen LogP contribution >= 0.6 is 0 Å². The Labute approximate surface area is 154 Å². The van der Waals surface area contributed by atoms with Crippen molar-refractivity contribution in [1.82, 2.24) is 9.55 Å². The van der Waals surface area contributed by atoms with Gasteiger partial charge in [0.2, 0.25) is 0 Å². The van der Waals surface area contributed by atoms with Gasteiger partial charge in [0.15, 0.2) is 0 Å². The molecule has 1 aliphatic rings. The lowest BCUT2D eigenvalue weighted by Gasteiger charge is -2.26. The lowest BCUT2D eigenvalue weighted by Crippen LogP contribution is -2.26. The van der Waals surface area contributed by atoms with Gasteiger partial charge >= 0.3 is 0 Å². The fourth-order valence-corrected chi connectivity index (χ4v) is 3.58. The summed E-state index contributed by atoms with van der Waals surface area (Å²) in [4.78, 5) is 4.84. The third-order valence-electron chi connectivity index (χ3n) is 5.32. The quantitative estimate of drug-likeness (QED) is 0.718. The molecular formula is C22H26N2O2. The highest BCUT2D eigenvalue weighted by Crippen LogP contribution is 2.37. The second-order valence-corrected chi connectivity index (χ2v) is 7.43. The zero-order valence-electron chi connectivity index (χ0n) is 15.5. The number of para-hydroxylation sites is 2. The number of aliphatic hydroxyl groups is 1. The fraction of sp³-hybridized carbons (Fsp3) is 0.409. The van der Waals surface area contributed by atoms with Crippen molar-refractivity contribution in [3.63, 3.8) is 0 Å². The summed E-state index contributed by atoms with van der Waals surface area (Å²) in [5.41, 5.74) is 4.36. The summed E-state index contributed by atoms with van der Waals surface area (Å²) in [6, 6.07) is 14.3. The van der Waals surface area contributed by atoms with E-state index in [1.54, 1.807) is 0 Å². The predicted molar refractivity (Wildman–Crippen MR) is 104 cm³/mol. The van der Waals surface area contributed by atoms with Gasteiger partial charge in [0.1, 0.15) is 24.3 Å². The van der Waals surface area contributed by atoms with Crippen LogP contribution in [-0.2, 0) is 6.54 Å². The third-order valence-corrected chi connectivity index (χ3v) is 5.32. The predicted octanol–water partition coefficient (Wildman–Crippen LogP) is 4.36. The highest BCUT2D eigenvalue weighted by molar-refractivity contribution is 5.76. The minimum Gasteiger partial charge on any atom is -0.491 e. The van der Waals surface area contributed by atoms with Gasteiger partial charge in [-0.05, 0) is 56.0 Å². The monoisotopic (exact) mass is 350 g/mol. The molecule has 1 atom stereocenters. The molecule has 0 bridgehead atoms. The molecule has 1 N–H and O–H groups in total. The van der Waals surface area contributed by atoms with Crippen LogP contribution in [0.3, 0.4) is 0 Å². The number of aromatic nitrogens is 2. The first-order chi connectivity index (χ1) is 12.6. The molecule has 1 unspecified atom stereocenters. The van der Waals surface area contributed by atoms with Crippen molar-refractivity contribution >= 4 is 11.0 Å².